The summed E-state index contributed by atoms with van der Waals surface area (Å²) in [4.78, 5) is 14.9. The summed E-state index contributed by atoms with van der Waals surface area (Å²) in [6, 6.07) is 47.6. The summed E-state index contributed by atoms with van der Waals surface area (Å²) >= 11 is 0. The first-order chi connectivity index (χ1) is 44.7. The molecule has 1 aliphatic carbocycles. The van der Waals surface area contributed by atoms with E-state index in [0.717, 1.165) is 93.9 Å². The number of nitrogens with zero attached hydrogens (tertiary/aromatic N) is 1. The fourth-order valence-electron chi connectivity index (χ4n) is 13.8. The molecule has 2 atom stereocenters. The van der Waals surface area contributed by atoms with Crippen molar-refractivity contribution >= 4 is 39.4 Å². The summed E-state index contributed by atoms with van der Waals surface area (Å²) in [7, 11) is -8.94. The van der Waals surface area contributed by atoms with Gasteiger partial charge in [-0.2, -0.15) is 0 Å². The Morgan fingerprint density at radius 3 is 1.02 bits per heavy atom. The predicted octanol–water partition coefficient (Wildman–Crippen LogP) is 23.7. The van der Waals surface area contributed by atoms with Crippen LogP contribution in [0.25, 0.3) is 59.6 Å². The van der Waals surface area contributed by atoms with Gasteiger partial charge in [-0.3, -0.25) is 0 Å². The monoisotopic (exact) mass is 1500 g/mol. The van der Waals surface area contributed by atoms with E-state index in [1.807, 2.05) is 107 Å². The van der Waals surface area contributed by atoms with E-state index in [-0.39, 0.29) is 43.8 Å². The van der Waals surface area contributed by atoms with Crippen molar-refractivity contribution in [3.8, 4) is 44.9 Å². The van der Waals surface area contributed by atoms with Gasteiger partial charge in [0.15, 0.2) is 0 Å². The minimum absolute atomic E-state index is 0. The summed E-state index contributed by atoms with van der Waals surface area (Å²) in [6.07, 6.45) is 0. The van der Waals surface area contributed by atoms with E-state index in [9.17, 15) is 17.9 Å². The van der Waals surface area contributed by atoms with Gasteiger partial charge in [-0.1, -0.05) is 263 Å². The average Bonchev–Trinajstić information content (AvgIpc) is 1.33. The van der Waals surface area contributed by atoms with Crippen LogP contribution in [0.2, 0.25) is 0 Å². The molecule has 1 fully saturated rings. The molecule has 5 radical (unpaired) electrons. The molecular weight excluding hydrogens is 1400 g/mol. The molecule has 2 aliphatic rings. The van der Waals surface area contributed by atoms with Gasteiger partial charge in [0.25, 0.3) is 0 Å². The smallest absolute Gasteiger partial charge is 0.736 e. The van der Waals surface area contributed by atoms with Crippen LogP contribution in [0, 0.1) is 64.2 Å². The molecule has 11 rings (SSSR count). The Kier molecular flexibility index (Phi) is 24.0. The van der Waals surface area contributed by atoms with Gasteiger partial charge in [0.1, 0.15) is 21.5 Å². The van der Waals surface area contributed by atoms with Crippen molar-refractivity contribution in [2.24, 2.45) is 5.73 Å². The first kappa shape index (κ1) is 75.6. The average molecular weight is 1500 g/mol. The van der Waals surface area contributed by atoms with Gasteiger partial charge < -0.3 is 24.4 Å². The number of sulfonamides is 1. The second-order valence-electron chi connectivity index (χ2n) is 28.4. The van der Waals surface area contributed by atoms with E-state index in [2.05, 4.69) is 195 Å². The number of phosphoric ester groups is 1. The van der Waals surface area contributed by atoms with Crippen LogP contribution in [0.15, 0.2) is 150 Å². The Morgan fingerprint density at radius 1 is 0.396 bits per heavy atom. The van der Waals surface area contributed by atoms with E-state index in [0.29, 0.717) is 28.2 Å². The molecule has 1 heterocycles. The van der Waals surface area contributed by atoms with Crippen molar-refractivity contribution in [1.29, 1.82) is 0 Å². The molecule has 0 bridgehead atoms. The van der Waals surface area contributed by atoms with Gasteiger partial charge in [-0.05, 0) is 211 Å². The first-order valence-corrected chi connectivity index (χ1v) is 36.9. The van der Waals surface area contributed by atoms with Gasteiger partial charge in [-0.15, -0.1) is 0 Å². The fourth-order valence-corrected chi connectivity index (χ4v) is 16.4. The summed E-state index contributed by atoms with van der Waals surface area (Å²) in [5.74, 6) is 9.34. The van der Waals surface area contributed by atoms with Gasteiger partial charge in [-0.25, -0.2) is 13.0 Å². The number of fused-ring (bicyclic) bond motifs is 7. The van der Waals surface area contributed by atoms with Crippen molar-refractivity contribution < 1.29 is 47.0 Å². The molecule has 1 aliphatic heterocycles. The van der Waals surface area contributed by atoms with Crippen molar-refractivity contribution in [2.75, 3.05) is 0 Å². The topological polar surface area (TPSA) is 133 Å². The second kappa shape index (κ2) is 30.5. The number of phosphoric acid groups is 1. The van der Waals surface area contributed by atoms with Gasteiger partial charge in [0, 0.05) is 28.3 Å². The van der Waals surface area contributed by atoms with Crippen LogP contribution in [-0.2, 0) is 34.7 Å². The summed E-state index contributed by atoms with van der Waals surface area (Å²) in [5.41, 5.74) is 25.1. The van der Waals surface area contributed by atoms with Crippen molar-refractivity contribution in [3.05, 3.63) is 252 Å². The zero-order valence-electron chi connectivity index (χ0n) is 60.6. The SMILES string of the molecule is CC(C)c1cc(C(C)C)c(-c2cc3ccccc3c3c2OP(=O)([O-])Oc2c(-c4c(C(C)C)cc(C(C)C)cc4C(C)C)cc4ccccc4c2-3)c(C(C)C)c1.C[C]1[C](C)[C](C)[C](C)[C]1C.Cc1c(C)c(C)c(S(=O)(=O)[N-][C@@H](c2ccccc2)[C@@H](N)c2ccccc2)c(C)c1C.[Ir+3]. The van der Waals surface area contributed by atoms with Crippen LogP contribution in [0.5, 0.6) is 11.5 Å². The van der Waals surface area contributed by atoms with Crippen LogP contribution in [0.4, 0.5) is 0 Å². The van der Waals surface area contributed by atoms with Gasteiger partial charge in [0.2, 0.25) is 0 Å². The molecule has 505 valence electrons. The zero-order valence-corrected chi connectivity index (χ0v) is 64.7. The molecule has 9 aromatic carbocycles. The standard InChI is InChI=1S/C50H57O4P.C25H29N2O2S.C10H15.Ir/c1-27(2)35-23-39(29(5)6)45(40(24-35)30(7)8)43-21-33-17-13-15-19-37(33)47-48-38-20-16-14-18-34(38)22-44(50(48)54-55(51,52)53-49(43)47)46-41(31(9)10)25-36(28(3)4)26-42(46)32(11)12;1-16-17(2)19(4)25(20(5)18(16)3)30(28,29)27-24(22-14-10-7-11-15-22)23(26)21-12-8-6-9-13-21;1-6-7(2)9(4)10(5)8(6)3;/h13-32H,1-12H3,(H,51,52);6-15,23-24H,26H2,1-5H3;1-5H3;/q;-1;;+3/p-1/t;23-,24-;;/m.0../s1. The molecule has 11 heteroatoms. The minimum Gasteiger partial charge on any atom is -0.736 e. The molecule has 8 nitrogen and oxygen atoms in total. The summed E-state index contributed by atoms with van der Waals surface area (Å²) in [6.45, 7) is 47.3. The normalized spacial score (nSPS) is 15.3. The van der Waals surface area contributed by atoms with Crippen LogP contribution >= 0.6 is 7.82 Å². The van der Waals surface area contributed by atoms with E-state index in [1.54, 1.807) is 0 Å². The zero-order chi connectivity index (χ0) is 69.6. The molecule has 0 saturated heterocycles. The summed E-state index contributed by atoms with van der Waals surface area (Å²) < 4.78 is 58.9. The maximum atomic E-state index is 14.6. The molecule has 1 saturated carbocycles. The molecule has 96 heavy (non-hydrogen) atoms. The maximum absolute atomic E-state index is 14.6. The quantitative estimate of drug-likeness (QED) is 0.107. The Bertz CT molecular complexity index is 4140. The molecular formula is C85H100IrN2O6PS+. The molecule has 9 aromatic rings. The van der Waals surface area contributed by atoms with Gasteiger partial charge in [0.05, 0.1) is 4.90 Å². The van der Waals surface area contributed by atoms with E-state index >= 15 is 0 Å². The van der Waals surface area contributed by atoms with Crippen LogP contribution in [0.3, 0.4) is 0 Å². The van der Waals surface area contributed by atoms with Crippen LogP contribution in [0.1, 0.15) is 238 Å². The van der Waals surface area contributed by atoms with Crippen molar-refractivity contribution in [1.82, 2.24) is 0 Å². The minimum atomic E-state index is -5.00. The molecule has 0 spiro atoms. The van der Waals surface area contributed by atoms with E-state index < -0.39 is 29.9 Å². The Labute approximate surface area is 590 Å². The Morgan fingerprint density at radius 2 is 0.698 bits per heavy atom. The Hall–Kier alpha value is -6.19. The van der Waals surface area contributed by atoms with Crippen LogP contribution in [-0.4, -0.2) is 8.42 Å². The third-order valence-corrected chi connectivity index (χ3v) is 22.8. The fraction of sp³-hybridized carbons (Fsp3) is 0.353. The molecule has 2 N–H and O–H groups in total. The third-order valence-electron chi connectivity index (χ3n) is 20.4. The largest absolute Gasteiger partial charge is 3.00 e. The molecule has 0 aromatic heterocycles. The van der Waals surface area contributed by atoms with Crippen LogP contribution < -0.4 is 19.7 Å². The number of hydrogen-bond donors (Lipinski definition) is 1. The number of hydrogen-bond acceptors (Lipinski definition) is 7. The van der Waals surface area contributed by atoms with E-state index in [1.165, 1.54) is 63.0 Å². The first-order valence-electron chi connectivity index (χ1n) is 34.0. The van der Waals surface area contributed by atoms with Crippen molar-refractivity contribution in [3.63, 3.8) is 0 Å². The van der Waals surface area contributed by atoms with Crippen molar-refractivity contribution in [2.45, 2.75) is 205 Å². The third kappa shape index (κ3) is 15.2. The molecule has 0 unspecified atom stereocenters. The maximum Gasteiger partial charge on any atom is 3.00 e. The second-order valence-corrected chi connectivity index (χ2v) is 31.2. The predicted molar refractivity (Wildman–Crippen MR) is 399 cm³/mol. The van der Waals surface area contributed by atoms with Gasteiger partial charge >= 0.3 is 27.9 Å². The number of rotatable bonds is 14. The molecule has 0 amide bonds. The Balaban J connectivity index is 0.000000239. The van der Waals surface area contributed by atoms with E-state index in [4.69, 9.17) is 14.8 Å². The number of benzene rings is 9. The summed E-state index contributed by atoms with van der Waals surface area (Å²) in [5, 5.41) is 3.84. The number of nitrogens with two attached hydrogens (primary N) is 1.